The normalized spacial score (nSPS) is 23.2. The Labute approximate surface area is 169 Å². The van der Waals surface area contributed by atoms with Gasteiger partial charge in [-0.25, -0.2) is 0 Å². The van der Waals surface area contributed by atoms with Crippen LogP contribution in [0.15, 0.2) is 24.8 Å². The van der Waals surface area contributed by atoms with E-state index >= 15 is 0 Å². The first kappa shape index (κ1) is 24.6. The van der Waals surface area contributed by atoms with E-state index in [9.17, 15) is 19.8 Å². The van der Waals surface area contributed by atoms with Crippen LogP contribution in [-0.4, -0.2) is 40.8 Å². The molecule has 0 radical (unpaired) electrons. The number of hydrogen-bond acceptors (Lipinski definition) is 5. The number of carbonyl (C=O) groups is 2. The summed E-state index contributed by atoms with van der Waals surface area (Å²) in [6, 6.07) is 0. The molecule has 2 N–H and O–H groups in total. The minimum Gasteiger partial charge on any atom is -0.461 e. The molecular formula is C23H38O5. The predicted octanol–water partition coefficient (Wildman–Crippen LogP) is 4.12. The van der Waals surface area contributed by atoms with Crippen molar-refractivity contribution >= 4 is 11.8 Å². The summed E-state index contributed by atoms with van der Waals surface area (Å²) in [6.07, 6.45) is 12.9. The summed E-state index contributed by atoms with van der Waals surface area (Å²) < 4.78 is 4.94. The third-order valence-corrected chi connectivity index (χ3v) is 5.40. The number of ketones is 1. The van der Waals surface area contributed by atoms with Gasteiger partial charge in [0.05, 0.1) is 12.2 Å². The third-order valence-electron chi connectivity index (χ3n) is 5.40. The second kappa shape index (κ2) is 14.5. The molecule has 5 heteroatoms. The molecule has 5 nitrogen and oxygen atoms in total. The lowest BCUT2D eigenvalue weighted by Crippen LogP contribution is -2.19. The molecule has 0 heterocycles. The van der Waals surface area contributed by atoms with Crippen molar-refractivity contribution in [3.05, 3.63) is 24.8 Å². The minimum atomic E-state index is -0.642. The SMILES string of the molecule is C=CCOC(=O)CCCCCC[C@H]1C(=O)C[C@@H](O)[C@@H]1/C=C/[C@@H](O)CCCCC. The zero-order valence-corrected chi connectivity index (χ0v) is 17.4. The molecule has 28 heavy (non-hydrogen) atoms. The maximum absolute atomic E-state index is 12.2. The van der Waals surface area contributed by atoms with Crippen molar-refractivity contribution < 1.29 is 24.5 Å². The van der Waals surface area contributed by atoms with Gasteiger partial charge in [-0.3, -0.25) is 9.59 Å². The standard InChI is InChI=1S/C23H38O5/c1-3-5-8-11-18(24)14-15-20-19(21(25)17-22(20)26)12-9-6-7-10-13-23(27)28-16-4-2/h4,14-15,18-20,22,24,26H,2-3,5-13,16-17H2,1H3/b15-14+/t18-,19+,20+,22+/m0/s1. The number of Topliss-reactive ketones (excluding diaryl/α,β-unsaturated/α-hetero) is 1. The first-order chi connectivity index (χ1) is 13.5. The minimum absolute atomic E-state index is 0.121. The van der Waals surface area contributed by atoms with Gasteiger partial charge in [0.1, 0.15) is 12.4 Å². The van der Waals surface area contributed by atoms with Crippen LogP contribution in [0.3, 0.4) is 0 Å². The molecule has 4 atom stereocenters. The molecule has 0 saturated heterocycles. The molecule has 160 valence electrons. The molecule has 0 spiro atoms. The van der Waals surface area contributed by atoms with Gasteiger partial charge in [0.2, 0.25) is 0 Å². The number of ether oxygens (including phenoxy) is 1. The largest absolute Gasteiger partial charge is 0.461 e. The summed E-state index contributed by atoms with van der Waals surface area (Å²) in [4.78, 5) is 23.6. The molecule has 1 rings (SSSR count). The summed E-state index contributed by atoms with van der Waals surface area (Å²) in [5.41, 5.74) is 0. The summed E-state index contributed by atoms with van der Waals surface area (Å²) in [5.74, 6) is -0.429. The van der Waals surface area contributed by atoms with Gasteiger partial charge in [-0.1, -0.05) is 70.3 Å². The number of rotatable bonds is 15. The van der Waals surface area contributed by atoms with Crippen LogP contribution in [-0.2, 0) is 14.3 Å². The highest BCUT2D eigenvalue weighted by Crippen LogP contribution is 2.34. The molecule has 0 aromatic carbocycles. The molecular weight excluding hydrogens is 356 g/mol. The van der Waals surface area contributed by atoms with Gasteiger partial charge in [-0.15, -0.1) is 0 Å². The van der Waals surface area contributed by atoms with Crippen LogP contribution in [0.5, 0.6) is 0 Å². The number of esters is 1. The van der Waals surface area contributed by atoms with Crippen molar-refractivity contribution in [1.29, 1.82) is 0 Å². The summed E-state index contributed by atoms with van der Waals surface area (Å²) in [5, 5.41) is 20.3. The van der Waals surface area contributed by atoms with Crippen LogP contribution < -0.4 is 0 Å². The van der Waals surface area contributed by atoms with Crippen LogP contribution >= 0.6 is 0 Å². The van der Waals surface area contributed by atoms with Gasteiger partial charge in [-0.2, -0.15) is 0 Å². The molecule has 1 aliphatic carbocycles. The number of aliphatic hydroxyl groups excluding tert-OH is 2. The second-order valence-electron chi connectivity index (χ2n) is 7.79. The average Bonchev–Trinajstić information content (AvgIpc) is 2.94. The second-order valence-corrected chi connectivity index (χ2v) is 7.79. The summed E-state index contributed by atoms with van der Waals surface area (Å²) in [7, 11) is 0. The zero-order chi connectivity index (χ0) is 20.8. The van der Waals surface area contributed by atoms with E-state index < -0.39 is 12.2 Å². The van der Waals surface area contributed by atoms with E-state index in [1.165, 1.54) is 0 Å². The highest BCUT2D eigenvalue weighted by molar-refractivity contribution is 5.84. The average molecular weight is 395 g/mol. The molecule has 0 bridgehead atoms. The topological polar surface area (TPSA) is 83.8 Å². The highest BCUT2D eigenvalue weighted by atomic mass is 16.5. The van der Waals surface area contributed by atoms with Crippen LogP contribution in [0.2, 0.25) is 0 Å². The Kier molecular flexibility index (Phi) is 12.8. The number of carbonyl (C=O) groups excluding carboxylic acids is 2. The van der Waals surface area contributed by atoms with Gasteiger partial charge in [0.15, 0.2) is 0 Å². The van der Waals surface area contributed by atoms with E-state index in [2.05, 4.69) is 13.5 Å². The van der Waals surface area contributed by atoms with Crippen molar-refractivity contribution in [3.63, 3.8) is 0 Å². The quantitative estimate of drug-likeness (QED) is 0.248. The van der Waals surface area contributed by atoms with Gasteiger partial charge in [-0.05, 0) is 19.3 Å². The van der Waals surface area contributed by atoms with E-state index in [4.69, 9.17) is 4.74 Å². The fourth-order valence-corrected chi connectivity index (χ4v) is 3.76. The lowest BCUT2D eigenvalue weighted by molar-refractivity contribution is -0.142. The number of aliphatic hydroxyl groups is 2. The fourth-order valence-electron chi connectivity index (χ4n) is 3.76. The molecule has 0 aromatic heterocycles. The Morgan fingerprint density at radius 3 is 2.71 bits per heavy atom. The lowest BCUT2D eigenvalue weighted by Gasteiger charge is -2.18. The van der Waals surface area contributed by atoms with E-state index in [0.29, 0.717) is 6.42 Å². The Bertz CT molecular complexity index is 499. The number of unbranched alkanes of at least 4 members (excludes halogenated alkanes) is 5. The van der Waals surface area contributed by atoms with Crippen molar-refractivity contribution in [2.75, 3.05) is 6.61 Å². The van der Waals surface area contributed by atoms with Crippen molar-refractivity contribution in [3.8, 4) is 0 Å². The Morgan fingerprint density at radius 2 is 2.00 bits per heavy atom. The van der Waals surface area contributed by atoms with E-state index in [-0.39, 0.29) is 36.6 Å². The first-order valence-corrected chi connectivity index (χ1v) is 10.8. The molecule has 1 fully saturated rings. The lowest BCUT2D eigenvalue weighted by atomic mass is 9.88. The Hall–Kier alpha value is -1.46. The van der Waals surface area contributed by atoms with E-state index in [0.717, 1.165) is 57.8 Å². The first-order valence-electron chi connectivity index (χ1n) is 10.8. The Balaban J connectivity index is 2.32. The smallest absolute Gasteiger partial charge is 0.306 e. The summed E-state index contributed by atoms with van der Waals surface area (Å²) in [6.45, 7) is 5.89. The maximum Gasteiger partial charge on any atom is 0.306 e. The van der Waals surface area contributed by atoms with Gasteiger partial charge >= 0.3 is 5.97 Å². The Morgan fingerprint density at radius 1 is 1.25 bits per heavy atom. The van der Waals surface area contributed by atoms with Crippen LogP contribution in [0.25, 0.3) is 0 Å². The summed E-state index contributed by atoms with van der Waals surface area (Å²) >= 11 is 0. The van der Waals surface area contributed by atoms with Crippen LogP contribution in [0.4, 0.5) is 0 Å². The zero-order valence-electron chi connectivity index (χ0n) is 17.4. The van der Waals surface area contributed by atoms with Crippen LogP contribution in [0, 0.1) is 11.8 Å². The molecule has 0 aromatic rings. The molecule has 0 unspecified atom stereocenters. The van der Waals surface area contributed by atoms with E-state index in [1.54, 1.807) is 12.2 Å². The predicted molar refractivity (Wildman–Crippen MR) is 111 cm³/mol. The fraction of sp³-hybridized carbons (Fsp3) is 0.739. The number of hydrogen-bond donors (Lipinski definition) is 2. The third kappa shape index (κ3) is 9.65. The molecule has 1 aliphatic rings. The molecule has 1 saturated carbocycles. The maximum atomic E-state index is 12.2. The van der Waals surface area contributed by atoms with Crippen LogP contribution in [0.1, 0.15) is 77.6 Å². The van der Waals surface area contributed by atoms with Crippen molar-refractivity contribution in [1.82, 2.24) is 0 Å². The van der Waals surface area contributed by atoms with Gasteiger partial charge < -0.3 is 14.9 Å². The van der Waals surface area contributed by atoms with Gasteiger partial charge in [0.25, 0.3) is 0 Å². The molecule has 0 amide bonds. The highest BCUT2D eigenvalue weighted by Gasteiger charge is 2.39. The monoisotopic (exact) mass is 394 g/mol. The van der Waals surface area contributed by atoms with Crippen molar-refractivity contribution in [2.24, 2.45) is 11.8 Å². The van der Waals surface area contributed by atoms with Gasteiger partial charge in [0, 0.05) is 24.7 Å². The van der Waals surface area contributed by atoms with E-state index in [1.807, 2.05) is 6.08 Å². The molecule has 0 aliphatic heterocycles. The van der Waals surface area contributed by atoms with Crippen molar-refractivity contribution in [2.45, 2.75) is 89.8 Å².